The maximum absolute atomic E-state index is 13.4. The molecule has 1 aliphatic heterocycles. The maximum Gasteiger partial charge on any atom is 0.336 e. The first kappa shape index (κ1) is 33.6. The van der Waals surface area contributed by atoms with Crippen molar-refractivity contribution in [2.45, 2.75) is 29.8 Å². The van der Waals surface area contributed by atoms with Gasteiger partial charge in [0.2, 0.25) is 0 Å². The van der Waals surface area contributed by atoms with Crippen molar-refractivity contribution in [3.8, 4) is 0 Å². The van der Waals surface area contributed by atoms with Crippen LogP contribution in [0.1, 0.15) is 24.3 Å². The number of nitrogens with zero attached hydrogens (tertiary/aromatic N) is 1. The monoisotopic (exact) mass is 612 g/mol. The minimum absolute atomic E-state index is 0.0862. The van der Waals surface area contributed by atoms with E-state index < -0.39 is 68.3 Å². The van der Waals surface area contributed by atoms with Gasteiger partial charge in [0.25, 0.3) is 5.69 Å². The number of hydrogen-bond donors (Lipinski definition) is 5. The number of nitrogens with two attached hydrogens (primary N) is 2. The molecule has 0 amide bonds. The molecule has 2 unspecified atom stereocenters. The van der Waals surface area contributed by atoms with Crippen molar-refractivity contribution in [2.24, 2.45) is 11.5 Å². The van der Waals surface area contributed by atoms with Crippen molar-refractivity contribution < 1.29 is 43.8 Å². The molecule has 2 rings (SSSR count). The van der Waals surface area contributed by atoms with Crippen LogP contribution < -0.4 is 16.8 Å². The van der Waals surface area contributed by atoms with Crippen LogP contribution in [0, 0.1) is 10.1 Å². The predicted octanol–water partition coefficient (Wildman–Crippen LogP) is 1.21. The molecule has 1 heterocycles. The highest BCUT2D eigenvalue weighted by Gasteiger charge is 2.53. The topological polar surface area (TPSA) is 234 Å². The van der Waals surface area contributed by atoms with Gasteiger partial charge in [0.05, 0.1) is 47.6 Å². The second kappa shape index (κ2) is 13.8. The first-order valence-corrected chi connectivity index (χ1v) is 14.7. The third-order valence-corrected chi connectivity index (χ3v) is 7.90. The van der Waals surface area contributed by atoms with E-state index in [1.54, 1.807) is 12.5 Å². The van der Waals surface area contributed by atoms with E-state index in [0.29, 0.717) is 0 Å². The van der Waals surface area contributed by atoms with Gasteiger partial charge in [0.15, 0.2) is 11.1 Å². The third kappa shape index (κ3) is 6.66. The van der Waals surface area contributed by atoms with Crippen molar-refractivity contribution >= 4 is 53.1 Å². The van der Waals surface area contributed by atoms with Crippen LogP contribution in [-0.2, 0) is 28.7 Å². The van der Waals surface area contributed by atoms with E-state index >= 15 is 0 Å². The number of carbonyl (C=O) groups is 4. The Morgan fingerprint density at radius 1 is 0.902 bits per heavy atom. The molecule has 2 atom stereocenters. The lowest BCUT2D eigenvalue weighted by atomic mass is 9.72. The zero-order chi connectivity index (χ0) is 31.1. The Balaban J connectivity index is 3.18. The molecule has 16 heteroatoms. The predicted molar refractivity (Wildman–Crippen MR) is 152 cm³/mol. The number of nitro groups is 1. The molecule has 0 aliphatic carbocycles. The summed E-state index contributed by atoms with van der Waals surface area (Å²) in [6, 6.07) is 4.72. The smallest absolute Gasteiger partial charge is 0.336 e. The van der Waals surface area contributed by atoms with Gasteiger partial charge >= 0.3 is 23.9 Å². The number of ether oxygens (including phenoxy) is 2. The fourth-order valence-electron chi connectivity index (χ4n) is 4.38. The molecule has 41 heavy (non-hydrogen) atoms. The average molecular weight is 613 g/mol. The summed E-state index contributed by atoms with van der Waals surface area (Å²) in [6.45, 7) is 0. The number of dihydropyridines is 1. The molecule has 14 nitrogen and oxygen atoms in total. The van der Waals surface area contributed by atoms with Crippen LogP contribution in [0.15, 0.2) is 46.8 Å². The van der Waals surface area contributed by atoms with E-state index in [1.165, 1.54) is 35.7 Å². The number of aliphatic carboxylic acids is 2. The maximum atomic E-state index is 13.4. The molecule has 7 N–H and O–H groups in total. The molecular formula is C25H32N4O10S2. The van der Waals surface area contributed by atoms with Crippen molar-refractivity contribution in [2.75, 3.05) is 38.2 Å². The molecule has 0 spiro atoms. The van der Waals surface area contributed by atoms with E-state index in [2.05, 4.69) is 5.32 Å². The van der Waals surface area contributed by atoms with E-state index in [4.69, 9.17) is 20.9 Å². The lowest BCUT2D eigenvalue weighted by Crippen LogP contribution is -2.61. The lowest BCUT2D eigenvalue weighted by Gasteiger charge is -2.41. The quantitative estimate of drug-likeness (QED) is 0.113. The summed E-state index contributed by atoms with van der Waals surface area (Å²) >= 11 is 2.55. The van der Waals surface area contributed by atoms with E-state index in [0.717, 1.165) is 26.4 Å². The minimum atomic E-state index is -2.31. The van der Waals surface area contributed by atoms with Gasteiger partial charge in [-0.05, 0) is 42.4 Å². The third-order valence-electron chi connectivity index (χ3n) is 6.67. The molecule has 1 aromatic rings. The van der Waals surface area contributed by atoms with Crippen molar-refractivity contribution in [3.63, 3.8) is 0 Å². The molecule has 0 radical (unpaired) electrons. The van der Waals surface area contributed by atoms with Crippen molar-refractivity contribution in [3.05, 3.63) is 62.5 Å². The van der Waals surface area contributed by atoms with E-state index in [1.807, 2.05) is 0 Å². The Morgan fingerprint density at radius 2 is 1.29 bits per heavy atom. The Labute approximate surface area is 244 Å². The number of carboxylic acid groups (broad SMARTS) is 2. The van der Waals surface area contributed by atoms with Crippen LogP contribution >= 0.6 is 23.5 Å². The van der Waals surface area contributed by atoms with Crippen LogP contribution in [-0.4, -0.2) is 88.3 Å². The minimum Gasteiger partial charge on any atom is -0.480 e. The van der Waals surface area contributed by atoms with Crippen LogP contribution in [0.3, 0.4) is 0 Å². The SMILES string of the molecule is COC(=O)C1=C(C(N)(CCSC)C(=O)O)NC(C(N)(CCSC)C(=O)O)=C(C(=O)OC)C1c1ccc([N+](=O)[O-])cc1. The number of non-ortho nitro benzene ring substituents is 1. The van der Waals surface area contributed by atoms with Gasteiger partial charge in [-0.15, -0.1) is 0 Å². The first-order valence-electron chi connectivity index (χ1n) is 11.9. The number of methoxy groups -OCH3 is 2. The zero-order valence-corrected chi connectivity index (χ0v) is 24.4. The average Bonchev–Trinajstić information content (AvgIpc) is 2.96. The fourth-order valence-corrected chi connectivity index (χ4v) is 5.43. The molecule has 0 bridgehead atoms. The normalized spacial score (nSPS) is 18.0. The van der Waals surface area contributed by atoms with Gasteiger partial charge in [-0.25, -0.2) is 19.2 Å². The van der Waals surface area contributed by atoms with Crippen LogP contribution in [0.25, 0.3) is 0 Å². The van der Waals surface area contributed by atoms with Gasteiger partial charge in [0.1, 0.15) is 0 Å². The number of nitrogens with one attached hydrogen (secondary N) is 1. The highest BCUT2D eigenvalue weighted by atomic mass is 32.2. The van der Waals surface area contributed by atoms with Crippen LogP contribution in [0.5, 0.6) is 0 Å². The van der Waals surface area contributed by atoms with Gasteiger partial charge in [0, 0.05) is 12.1 Å². The Hall–Kier alpha value is -3.60. The number of thioether (sulfide) groups is 2. The highest BCUT2D eigenvalue weighted by Crippen LogP contribution is 2.45. The van der Waals surface area contributed by atoms with E-state index in [9.17, 15) is 39.5 Å². The molecule has 224 valence electrons. The molecular weight excluding hydrogens is 580 g/mol. The van der Waals surface area contributed by atoms with Crippen LogP contribution in [0.4, 0.5) is 5.69 Å². The molecule has 0 saturated carbocycles. The fraction of sp³-hybridized carbons (Fsp3) is 0.440. The summed E-state index contributed by atoms with van der Waals surface area (Å²) in [5.74, 6) is -6.38. The number of rotatable bonds is 14. The Morgan fingerprint density at radius 3 is 1.59 bits per heavy atom. The van der Waals surface area contributed by atoms with Crippen molar-refractivity contribution in [1.82, 2.24) is 5.32 Å². The number of carbonyl (C=O) groups excluding carboxylic acids is 2. The molecule has 0 fully saturated rings. The number of benzene rings is 1. The van der Waals surface area contributed by atoms with Gasteiger partial charge in [-0.1, -0.05) is 12.1 Å². The van der Waals surface area contributed by atoms with Crippen molar-refractivity contribution in [1.29, 1.82) is 0 Å². The number of hydrogen-bond acceptors (Lipinski definition) is 13. The van der Waals surface area contributed by atoms with Gasteiger partial charge in [-0.2, -0.15) is 23.5 Å². The summed E-state index contributed by atoms with van der Waals surface area (Å²) < 4.78 is 9.97. The number of carboxylic acids is 2. The lowest BCUT2D eigenvalue weighted by molar-refractivity contribution is -0.384. The Bertz CT molecular complexity index is 1220. The Kier molecular flexibility index (Phi) is 11.3. The summed E-state index contributed by atoms with van der Waals surface area (Å²) in [4.78, 5) is 62.8. The molecule has 0 aromatic heterocycles. The summed E-state index contributed by atoms with van der Waals surface area (Å²) in [5.41, 5.74) is 6.37. The zero-order valence-electron chi connectivity index (χ0n) is 22.8. The second-order valence-corrected chi connectivity index (χ2v) is 11.0. The molecule has 1 aliphatic rings. The standard InChI is InChI=1S/C25H32N4O10S2/c1-38-20(30)16-15(13-5-7-14(8-6-13)29(36)37)17(21(31)39-2)19(25(27,23(34)35)10-12-41-4)28-18(16)24(26,22(32)33)9-11-40-3/h5-8,15,28H,9-12,26-27H2,1-4H3,(H,32,33)(H,34,35). The summed E-state index contributed by atoms with van der Waals surface area (Å²) in [5, 5.41) is 34.6. The highest BCUT2D eigenvalue weighted by molar-refractivity contribution is 7.98. The van der Waals surface area contributed by atoms with Gasteiger partial charge in [-0.3, -0.25) is 10.1 Å². The largest absolute Gasteiger partial charge is 0.480 e. The first-order chi connectivity index (χ1) is 19.2. The summed E-state index contributed by atoms with van der Waals surface area (Å²) in [6.07, 6.45) is 2.97. The van der Waals surface area contributed by atoms with Crippen LogP contribution in [0.2, 0.25) is 0 Å². The molecule has 0 saturated heterocycles. The molecule has 1 aromatic carbocycles. The number of esters is 2. The van der Waals surface area contributed by atoms with E-state index in [-0.39, 0.29) is 35.6 Å². The second-order valence-electron chi connectivity index (χ2n) is 9.01. The summed E-state index contributed by atoms with van der Waals surface area (Å²) in [7, 11) is 2.06. The number of nitro benzene ring substituents is 1. The van der Waals surface area contributed by atoms with Gasteiger partial charge < -0.3 is 36.5 Å².